The lowest BCUT2D eigenvalue weighted by Gasteiger charge is -2.20. The first kappa shape index (κ1) is 13.6. The number of benzene rings is 1. The van der Waals surface area contributed by atoms with Crippen molar-refractivity contribution in [1.29, 1.82) is 0 Å². The Kier molecular flexibility index (Phi) is 3.61. The lowest BCUT2D eigenvalue weighted by molar-refractivity contribution is -0.121. The van der Waals surface area contributed by atoms with Crippen LogP contribution < -0.4 is 10.6 Å². The monoisotopic (exact) mass is 294 g/mol. The molecule has 1 aliphatic heterocycles. The van der Waals surface area contributed by atoms with E-state index in [0.717, 1.165) is 6.07 Å². The van der Waals surface area contributed by atoms with Gasteiger partial charge in [-0.15, -0.1) is 0 Å². The van der Waals surface area contributed by atoms with Gasteiger partial charge >= 0.3 is 0 Å². The predicted octanol–water partition coefficient (Wildman–Crippen LogP) is 0.699. The first-order valence-electron chi connectivity index (χ1n) is 6.38. The number of hydrogen-bond donors (Lipinski definition) is 2. The van der Waals surface area contributed by atoms with Crippen LogP contribution >= 0.6 is 0 Å². The van der Waals surface area contributed by atoms with Crippen molar-refractivity contribution >= 4 is 5.91 Å². The fourth-order valence-corrected chi connectivity index (χ4v) is 2.12. The van der Waals surface area contributed by atoms with Crippen molar-refractivity contribution in [1.82, 2.24) is 20.8 Å². The molecule has 1 amide bonds. The van der Waals surface area contributed by atoms with E-state index in [2.05, 4.69) is 20.8 Å². The number of piperazine rings is 1. The Labute approximate surface area is 118 Å². The van der Waals surface area contributed by atoms with Crippen LogP contribution in [0.3, 0.4) is 0 Å². The molecule has 3 rings (SSSR count). The Morgan fingerprint density at radius 3 is 2.71 bits per heavy atom. The molecule has 1 atom stereocenters. The lowest BCUT2D eigenvalue weighted by Crippen LogP contribution is -2.47. The molecule has 1 aromatic heterocycles. The highest BCUT2D eigenvalue weighted by Gasteiger charge is 2.24. The maximum Gasteiger partial charge on any atom is 0.245 e. The number of hydrogen-bond acceptors (Lipinski definition) is 5. The number of carbonyl (C=O) groups is 1. The van der Waals surface area contributed by atoms with Crippen molar-refractivity contribution < 1.29 is 18.1 Å². The fourth-order valence-electron chi connectivity index (χ4n) is 2.12. The summed E-state index contributed by atoms with van der Waals surface area (Å²) in [5, 5.41) is 9.41. The van der Waals surface area contributed by atoms with Gasteiger partial charge in [0.2, 0.25) is 11.8 Å². The van der Waals surface area contributed by atoms with Crippen molar-refractivity contribution in [3.05, 3.63) is 47.1 Å². The summed E-state index contributed by atoms with van der Waals surface area (Å²) >= 11 is 0. The van der Waals surface area contributed by atoms with Gasteiger partial charge in [0.1, 0.15) is 17.7 Å². The highest BCUT2D eigenvalue weighted by Crippen LogP contribution is 2.15. The third-order valence-electron chi connectivity index (χ3n) is 3.08. The van der Waals surface area contributed by atoms with E-state index in [-0.39, 0.29) is 24.9 Å². The summed E-state index contributed by atoms with van der Waals surface area (Å²) in [5.74, 6) is -0.729. The third kappa shape index (κ3) is 3.22. The largest absolute Gasteiger partial charge is 0.353 e. The topological polar surface area (TPSA) is 80.1 Å². The molecule has 6 nitrogen and oxygen atoms in total. The zero-order valence-corrected chi connectivity index (χ0v) is 10.9. The highest BCUT2D eigenvalue weighted by molar-refractivity contribution is 5.78. The van der Waals surface area contributed by atoms with Gasteiger partial charge in [0.05, 0.1) is 6.54 Å². The molecule has 2 N–H and O–H groups in total. The Morgan fingerprint density at radius 1 is 1.29 bits per heavy atom. The second kappa shape index (κ2) is 5.57. The summed E-state index contributed by atoms with van der Waals surface area (Å²) in [6.07, 6.45) is 0.164. The van der Waals surface area contributed by atoms with E-state index >= 15 is 0 Å². The number of rotatable bonds is 3. The van der Waals surface area contributed by atoms with E-state index in [1.54, 1.807) is 0 Å². The summed E-state index contributed by atoms with van der Waals surface area (Å²) in [7, 11) is 0. The van der Waals surface area contributed by atoms with Crippen molar-refractivity contribution in [3.63, 3.8) is 0 Å². The SMILES string of the molecule is O=C1CNC(c2nc(Cc3cc(F)cc(F)c3)no2)CN1. The van der Waals surface area contributed by atoms with Gasteiger partial charge in [-0.25, -0.2) is 8.78 Å². The number of carbonyl (C=O) groups excluding carboxylic acids is 1. The van der Waals surface area contributed by atoms with Gasteiger partial charge in [0.25, 0.3) is 0 Å². The molecule has 1 fully saturated rings. The summed E-state index contributed by atoms with van der Waals surface area (Å²) in [6.45, 7) is 0.534. The molecule has 2 heterocycles. The summed E-state index contributed by atoms with van der Waals surface area (Å²) in [5.41, 5.74) is 0.421. The molecule has 2 aromatic rings. The molecule has 1 unspecified atom stereocenters. The number of halogens is 2. The van der Waals surface area contributed by atoms with Gasteiger partial charge in [-0.2, -0.15) is 4.98 Å². The van der Waals surface area contributed by atoms with E-state index in [9.17, 15) is 13.6 Å². The van der Waals surface area contributed by atoms with Gasteiger partial charge in [0, 0.05) is 19.0 Å². The fraction of sp³-hybridized carbons (Fsp3) is 0.308. The van der Waals surface area contributed by atoms with Crippen LogP contribution in [0.4, 0.5) is 8.78 Å². The second-order valence-electron chi connectivity index (χ2n) is 4.74. The van der Waals surface area contributed by atoms with Crippen LogP contribution in [0, 0.1) is 11.6 Å². The molecule has 8 heteroatoms. The van der Waals surface area contributed by atoms with Crippen molar-refractivity contribution in [2.45, 2.75) is 12.5 Å². The summed E-state index contributed by atoms with van der Waals surface area (Å²) < 4.78 is 31.3. The van der Waals surface area contributed by atoms with Crippen molar-refractivity contribution in [2.24, 2.45) is 0 Å². The van der Waals surface area contributed by atoms with Crippen molar-refractivity contribution in [3.8, 4) is 0 Å². The molecular formula is C13H12F2N4O2. The molecule has 0 spiro atoms. The molecule has 1 aromatic carbocycles. The minimum absolute atomic E-state index is 0.0961. The van der Waals surface area contributed by atoms with Gasteiger partial charge in [-0.1, -0.05) is 5.16 Å². The Bertz CT molecular complexity index is 644. The van der Waals surface area contributed by atoms with Crippen LogP contribution in [-0.4, -0.2) is 29.1 Å². The van der Waals surface area contributed by atoms with Gasteiger partial charge in [-0.05, 0) is 17.7 Å². The van der Waals surface area contributed by atoms with E-state index in [1.807, 2.05) is 0 Å². The zero-order chi connectivity index (χ0) is 14.8. The third-order valence-corrected chi connectivity index (χ3v) is 3.08. The summed E-state index contributed by atoms with van der Waals surface area (Å²) in [6, 6.07) is 2.99. The standard InChI is InChI=1S/C13H12F2N4O2/c14-8-1-7(2-9(15)4-8)3-11-18-13(21-19-11)10-5-17-12(20)6-16-10/h1-2,4,10,16H,3,5-6H2,(H,17,20). The molecule has 1 aliphatic rings. The van der Waals surface area contributed by atoms with Crippen LogP contribution in [-0.2, 0) is 11.2 Å². The first-order valence-corrected chi connectivity index (χ1v) is 6.38. The van der Waals surface area contributed by atoms with Crippen LogP contribution in [0.25, 0.3) is 0 Å². The van der Waals surface area contributed by atoms with E-state index in [0.29, 0.717) is 23.8 Å². The molecule has 0 saturated carbocycles. The maximum atomic E-state index is 13.1. The first-order chi connectivity index (χ1) is 10.1. The molecule has 110 valence electrons. The Morgan fingerprint density at radius 2 is 2.05 bits per heavy atom. The van der Waals surface area contributed by atoms with Crippen LogP contribution in [0.2, 0.25) is 0 Å². The highest BCUT2D eigenvalue weighted by atomic mass is 19.1. The smallest absolute Gasteiger partial charge is 0.245 e. The maximum absolute atomic E-state index is 13.1. The number of nitrogens with one attached hydrogen (secondary N) is 2. The quantitative estimate of drug-likeness (QED) is 0.871. The van der Waals surface area contributed by atoms with Gasteiger partial charge in [0.15, 0.2) is 5.82 Å². The molecule has 1 saturated heterocycles. The van der Waals surface area contributed by atoms with E-state index in [1.165, 1.54) is 12.1 Å². The predicted molar refractivity (Wildman–Crippen MR) is 67.2 cm³/mol. The minimum atomic E-state index is -0.648. The lowest BCUT2D eigenvalue weighted by atomic mass is 10.1. The molecule has 21 heavy (non-hydrogen) atoms. The Balaban J connectivity index is 1.71. The second-order valence-corrected chi connectivity index (χ2v) is 4.74. The van der Waals surface area contributed by atoms with Crippen LogP contribution in [0.1, 0.15) is 23.3 Å². The number of nitrogens with zero attached hydrogens (tertiary/aromatic N) is 2. The van der Waals surface area contributed by atoms with Crippen molar-refractivity contribution in [2.75, 3.05) is 13.1 Å². The molecule has 0 bridgehead atoms. The minimum Gasteiger partial charge on any atom is -0.353 e. The van der Waals surface area contributed by atoms with Gasteiger partial charge < -0.3 is 9.84 Å². The number of amides is 1. The van der Waals surface area contributed by atoms with Gasteiger partial charge in [-0.3, -0.25) is 10.1 Å². The normalized spacial score (nSPS) is 18.6. The van der Waals surface area contributed by atoms with E-state index < -0.39 is 11.6 Å². The van der Waals surface area contributed by atoms with E-state index in [4.69, 9.17) is 4.52 Å². The summed E-state index contributed by atoms with van der Waals surface area (Å²) in [4.78, 5) is 15.2. The molecule has 0 aliphatic carbocycles. The van der Waals surface area contributed by atoms with Crippen LogP contribution in [0.15, 0.2) is 22.7 Å². The molecular weight excluding hydrogens is 282 g/mol. The number of aromatic nitrogens is 2. The molecule has 0 radical (unpaired) electrons. The average Bonchev–Trinajstić information content (AvgIpc) is 2.87. The average molecular weight is 294 g/mol. The van der Waals surface area contributed by atoms with Crippen LogP contribution in [0.5, 0.6) is 0 Å². The Hall–Kier alpha value is -2.35. The zero-order valence-electron chi connectivity index (χ0n) is 10.9.